The number of carboxylic acids is 1. The SMILES string of the molecule is O=C(O)CC(NC(=O)OCC1c2ccccc2-c2ccccc21)C(=O)NCC1(O)CCSC1. The van der Waals surface area contributed by atoms with E-state index in [1.165, 1.54) is 0 Å². The molecule has 8 nitrogen and oxygen atoms in total. The number of carbonyl (C=O) groups excluding carboxylic acids is 2. The van der Waals surface area contributed by atoms with E-state index < -0.39 is 36.0 Å². The van der Waals surface area contributed by atoms with Gasteiger partial charge in [-0.05, 0) is 34.4 Å². The molecule has 0 bridgehead atoms. The van der Waals surface area contributed by atoms with Gasteiger partial charge in [0, 0.05) is 18.2 Å². The standard InChI is InChI=1S/C24H26N2O6S/c27-21(28)11-20(22(29)25-13-24(31)9-10-33-14-24)26-23(30)32-12-19-17-7-3-1-5-15(17)16-6-2-4-8-18(16)19/h1-8,19-20,31H,9-14H2,(H,25,29)(H,26,30)(H,27,28). The summed E-state index contributed by atoms with van der Waals surface area (Å²) in [5.41, 5.74) is 3.27. The summed E-state index contributed by atoms with van der Waals surface area (Å²) in [5.74, 6) is -0.760. The van der Waals surface area contributed by atoms with Crippen molar-refractivity contribution in [3.8, 4) is 11.1 Å². The maximum absolute atomic E-state index is 12.5. The van der Waals surface area contributed by atoms with Crippen molar-refractivity contribution in [1.29, 1.82) is 0 Å². The molecular weight excluding hydrogens is 444 g/mol. The number of ether oxygens (including phenoxy) is 1. The Bertz CT molecular complexity index is 1010. The van der Waals surface area contributed by atoms with Crippen LogP contribution in [-0.4, -0.2) is 64.5 Å². The van der Waals surface area contributed by atoms with E-state index in [4.69, 9.17) is 4.74 Å². The van der Waals surface area contributed by atoms with Crippen LogP contribution in [0.1, 0.15) is 29.9 Å². The summed E-state index contributed by atoms with van der Waals surface area (Å²) in [6, 6.07) is 14.5. The average Bonchev–Trinajstić information content (AvgIpc) is 3.37. The second-order valence-corrected chi connectivity index (χ2v) is 9.47. The van der Waals surface area contributed by atoms with E-state index in [0.717, 1.165) is 28.0 Å². The Kier molecular flexibility index (Phi) is 6.90. The van der Waals surface area contributed by atoms with E-state index >= 15 is 0 Å². The number of hydrogen-bond acceptors (Lipinski definition) is 6. The molecule has 174 valence electrons. The Morgan fingerprint density at radius 1 is 1.09 bits per heavy atom. The van der Waals surface area contributed by atoms with Crippen LogP contribution in [0.15, 0.2) is 48.5 Å². The van der Waals surface area contributed by atoms with Gasteiger partial charge in [-0.3, -0.25) is 9.59 Å². The van der Waals surface area contributed by atoms with Gasteiger partial charge in [-0.1, -0.05) is 48.5 Å². The molecule has 9 heteroatoms. The maximum atomic E-state index is 12.5. The summed E-state index contributed by atoms with van der Waals surface area (Å²) in [6.07, 6.45) is -0.918. The number of nitrogens with one attached hydrogen (secondary N) is 2. The molecule has 1 fully saturated rings. The van der Waals surface area contributed by atoms with Gasteiger partial charge in [-0.25, -0.2) is 4.79 Å². The van der Waals surface area contributed by atoms with Gasteiger partial charge in [-0.15, -0.1) is 0 Å². The van der Waals surface area contributed by atoms with Crippen molar-refractivity contribution in [2.24, 2.45) is 0 Å². The lowest BCUT2D eigenvalue weighted by molar-refractivity contribution is -0.140. The first-order chi connectivity index (χ1) is 15.9. The number of rotatable bonds is 8. The third-order valence-corrected chi connectivity index (χ3v) is 7.24. The van der Waals surface area contributed by atoms with Gasteiger partial charge in [0.25, 0.3) is 0 Å². The topological polar surface area (TPSA) is 125 Å². The van der Waals surface area contributed by atoms with Crippen molar-refractivity contribution in [2.75, 3.05) is 24.7 Å². The Morgan fingerprint density at radius 2 is 1.73 bits per heavy atom. The molecular formula is C24H26N2O6S. The molecule has 2 aromatic carbocycles. The molecule has 0 radical (unpaired) electrons. The van der Waals surface area contributed by atoms with Gasteiger partial charge in [0.1, 0.15) is 12.6 Å². The lowest BCUT2D eigenvalue weighted by Crippen LogP contribution is -2.52. The van der Waals surface area contributed by atoms with Crippen molar-refractivity contribution in [2.45, 2.75) is 30.4 Å². The summed E-state index contributed by atoms with van der Waals surface area (Å²) in [7, 11) is 0. The van der Waals surface area contributed by atoms with Crippen LogP contribution in [0.4, 0.5) is 4.79 Å². The number of aliphatic carboxylic acids is 1. The van der Waals surface area contributed by atoms with Gasteiger partial charge in [0.15, 0.2) is 0 Å². The van der Waals surface area contributed by atoms with Crippen molar-refractivity contribution < 1.29 is 29.3 Å². The van der Waals surface area contributed by atoms with E-state index in [1.54, 1.807) is 11.8 Å². The quantitative estimate of drug-likeness (QED) is 0.467. The number of benzene rings is 2. The van der Waals surface area contributed by atoms with Crippen LogP contribution < -0.4 is 10.6 Å². The number of thioether (sulfide) groups is 1. The van der Waals surface area contributed by atoms with Crippen LogP contribution in [0.5, 0.6) is 0 Å². The highest BCUT2D eigenvalue weighted by molar-refractivity contribution is 7.99. The Labute approximate surface area is 195 Å². The van der Waals surface area contributed by atoms with Gasteiger partial charge in [0.05, 0.1) is 12.0 Å². The van der Waals surface area contributed by atoms with Crippen LogP contribution in [0.3, 0.4) is 0 Å². The molecule has 2 aromatic rings. The van der Waals surface area contributed by atoms with Crippen LogP contribution in [0.25, 0.3) is 11.1 Å². The van der Waals surface area contributed by atoms with Crippen LogP contribution in [0.2, 0.25) is 0 Å². The second kappa shape index (κ2) is 9.84. The molecule has 2 unspecified atom stereocenters. The average molecular weight is 471 g/mol. The highest BCUT2D eigenvalue weighted by Crippen LogP contribution is 2.44. The van der Waals surface area contributed by atoms with Crippen LogP contribution in [-0.2, 0) is 14.3 Å². The van der Waals surface area contributed by atoms with Crippen molar-refractivity contribution >= 4 is 29.7 Å². The summed E-state index contributed by atoms with van der Waals surface area (Å²) in [4.78, 5) is 36.3. The monoisotopic (exact) mass is 470 g/mol. The number of amides is 2. The van der Waals surface area contributed by atoms with Gasteiger partial charge in [-0.2, -0.15) is 11.8 Å². The molecule has 1 aliphatic carbocycles. The largest absolute Gasteiger partial charge is 0.481 e. The number of carboxylic acid groups (broad SMARTS) is 1. The lowest BCUT2D eigenvalue weighted by Gasteiger charge is -2.24. The third-order valence-electron chi connectivity index (χ3n) is 6.01. The van der Waals surface area contributed by atoms with Gasteiger partial charge >= 0.3 is 12.1 Å². The molecule has 2 aliphatic rings. The van der Waals surface area contributed by atoms with E-state index in [-0.39, 0.29) is 19.1 Å². The molecule has 1 heterocycles. The summed E-state index contributed by atoms with van der Waals surface area (Å²) in [5, 5.41) is 24.5. The molecule has 0 saturated carbocycles. The fourth-order valence-electron chi connectivity index (χ4n) is 4.28. The minimum absolute atomic E-state index is 0.00131. The fourth-order valence-corrected chi connectivity index (χ4v) is 5.57. The van der Waals surface area contributed by atoms with E-state index in [1.807, 2.05) is 48.5 Å². The zero-order valence-electron chi connectivity index (χ0n) is 18.0. The van der Waals surface area contributed by atoms with E-state index in [0.29, 0.717) is 12.2 Å². The van der Waals surface area contributed by atoms with E-state index in [2.05, 4.69) is 10.6 Å². The van der Waals surface area contributed by atoms with Crippen molar-refractivity contribution in [3.05, 3.63) is 59.7 Å². The molecule has 2 amide bonds. The second-order valence-electron chi connectivity index (χ2n) is 8.37. The summed E-state index contributed by atoms with van der Waals surface area (Å²) < 4.78 is 5.42. The smallest absolute Gasteiger partial charge is 0.407 e. The Balaban J connectivity index is 1.38. The van der Waals surface area contributed by atoms with Crippen molar-refractivity contribution in [3.63, 3.8) is 0 Å². The van der Waals surface area contributed by atoms with Gasteiger partial charge in [0.2, 0.25) is 5.91 Å². The lowest BCUT2D eigenvalue weighted by atomic mass is 9.98. The zero-order valence-corrected chi connectivity index (χ0v) is 18.8. The normalized spacial score (nSPS) is 19.9. The molecule has 4 rings (SSSR count). The number of aliphatic hydroxyl groups is 1. The number of hydrogen-bond donors (Lipinski definition) is 4. The van der Waals surface area contributed by atoms with Crippen LogP contribution in [0, 0.1) is 0 Å². The first-order valence-corrected chi connectivity index (χ1v) is 11.9. The summed E-state index contributed by atoms with van der Waals surface area (Å²) in [6.45, 7) is 0.0551. The molecule has 0 aromatic heterocycles. The predicted molar refractivity (Wildman–Crippen MR) is 124 cm³/mol. The van der Waals surface area contributed by atoms with Crippen molar-refractivity contribution in [1.82, 2.24) is 10.6 Å². The molecule has 1 saturated heterocycles. The van der Waals surface area contributed by atoms with E-state index in [9.17, 15) is 24.6 Å². The first-order valence-electron chi connectivity index (χ1n) is 10.8. The number of carbonyl (C=O) groups is 3. The molecule has 1 aliphatic heterocycles. The highest BCUT2D eigenvalue weighted by atomic mass is 32.2. The molecule has 0 spiro atoms. The minimum atomic E-state index is -1.31. The third kappa shape index (κ3) is 5.31. The highest BCUT2D eigenvalue weighted by Gasteiger charge is 2.34. The molecule has 33 heavy (non-hydrogen) atoms. The zero-order chi connectivity index (χ0) is 23.4. The molecule has 2 atom stereocenters. The number of fused-ring (bicyclic) bond motifs is 3. The number of alkyl carbamates (subject to hydrolysis) is 1. The van der Waals surface area contributed by atoms with Crippen LogP contribution >= 0.6 is 11.8 Å². The minimum Gasteiger partial charge on any atom is -0.481 e. The first kappa shape index (κ1) is 23.1. The predicted octanol–water partition coefficient (Wildman–Crippen LogP) is 2.35. The Morgan fingerprint density at radius 3 is 2.30 bits per heavy atom. The summed E-state index contributed by atoms with van der Waals surface area (Å²) >= 11 is 1.59. The maximum Gasteiger partial charge on any atom is 0.407 e. The Hall–Kier alpha value is -3.04. The molecule has 4 N–H and O–H groups in total. The fraction of sp³-hybridized carbons (Fsp3) is 0.375. The van der Waals surface area contributed by atoms with Gasteiger partial charge < -0.3 is 25.6 Å².